The average Bonchev–Trinajstić information content (AvgIpc) is 2.43. The highest BCUT2D eigenvalue weighted by Gasteiger charge is 2.07. The van der Waals surface area contributed by atoms with Crippen molar-refractivity contribution in [3.8, 4) is 0 Å². The molecule has 0 N–H and O–H groups in total. The van der Waals surface area contributed by atoms with Crippen LogP contribution in [0, 0.1) is 0 Å². The van der Waals surface area contributed by atoms with Gasteiger partial charge in [-0.2, -0.15) is 8.42 Å². The summed E-state index contributed by atoms with van der Waals surface area (Å²) in [6.45, 7) is 7.16. The van der Waals surface area contributed by atoms with Gasteiger partial charge in [0.25, 0.3) is 10.1 Å². The van der Waals surface area contributed by atoms with Crippen molar-refractivity contribution >= 4 is 16.1 Å². The van der Waals surface area contributed by atoms with E-state index in [0.717, 1.165) is 6.26 Å². The van der Waals surface area contributed by atoms with Crippen LogP contribution >= 0.6 is 0 Å². The number of ether oxygens (including phenoxy) is 4. The maximum Gasteiger partial charge on any atom is 0.335 e. The highest BCUT2D eigenvalue weighted by molar-refractivity contribution is 7.85. The number of rotatable bonds is 14. The molecule has 0 amide bonds. The van der Waals surface area contributed by atoms with Gasteiger partial charge in [-0.25, -0.2) is 4.79 Å². The molecule has 0 aromatic rings. The molecule has 0 aromatic carbocycles. The molecule has 130 valence electrons. The van der Waals surface area contributed by atoms with Gasteiger partial charge in [0, 0.05) is 0 Å². The lowest BCUT2D eigenvalue weighted by Gasteiger charge is -2.08. The van der Waals surface area contributed by atoms with E-state index in [0.29, 0.717) is 33.0 Å². The Morgan fingerprint density at radius 1 is 0.955 bits per heavy atom. The molecule has 0 rings (SSSR count). The SMILES string of the molecule is C=C(COCCOCCOCCOS(C)(=O)=O)C(=O)OCC. The molecule has 0 unspecified atom stereocenters. The topological polar surface area (TPSA) is 97.4 Å². The molecule has 0 bridgehead atoms. The first-order valence-corrected chi connectivity index (χ1v) is 8.61. The molecule has 0 radical (unpaired) electrons. The zero-order chi connectivity index (χ0) is 16.8. The van der Waals surface area contributed by atoms with Crippen LogP contribution in [0.4, 0.5) is 0 Å². The van der Waals surface area contributed by atoms with Crippen molar-refractivity contribution in [3.63, 3.8) is 0 Å². The number of hydrogen-bond donors (Lipinski definition) is 0. The van der Waals surface area contributed by atoms with Crippen molar-refractivity contribution in [3.05, 3.63) is 12.2 Å². The Morgan fingerprint density at radius 3 is 1.95 bits per heavy atom. The van der Waals surface area contributed by atoms with Gasteiger partial charge in [-0.3, -0.25) is 4.18 Å². The monoisotopic (exact) mass is 340 g/mol. The van der Waals surface area contributed by atoms with E-state index in [9.17, 15) is 13.2 Å². The number of carbonyl (C=O) groups is 1. The smallest absolute Gasteiger partial charge is 0.335 e. The number of carbonyl (C=O) groups excluding carboxylic acids is 1. The van der Waals surface area contributed by atoms with Crippen LogP contribution in [0.5, 0.6) is 0 Å². The van der Waals surface area contributed by atoms with Gasteiger partial charge in [0.15, 0.2) is 0 Å². The fourth-order valence-electron chi connectivity index (χ4n) is 1.17. The zero-order valence-electron chi connectivity index (χ0n) is 13.0. The van der Waals surface area contributed by atoms with Gasteiger partial charge in [0.2, 0.25) is 0 Å². The van der Waals surface area contributed by atoms with E-state index >= 15 is 0 Å². The molecule has 9 heteroatoms. The van der Waals surface area contributed by atoms with E-state index in [-0.39, 0.29) is 25.4 Å². The van der Waals surface area contributed by atoms with Crippen LogP contribution in [0.25, 0.3) is 0 Å². The van der Waals surface area contributed by atoms with Crippen LogP contribution in [-0.2, 0) is 38.0 Å². The summed E-state index contributed by atoms with van der Waals surface area (Å²) in [5, 5.41) is 0. The summed E-state index contributed by atoms with van der Waals surface area (Å²) < 4.78 is 46.0. The maximum absolute atomic E-state index is 11.2. The second kappa shape index (κ2) is 12.5. The van der Waals surface area contributed by atoms with Crippen LogP contribution < -0.4 is 0 Å². The molecule has 0 aliphatic carbocycles. The van der Waals surface area contributed by atoms with E-state index in [1.165, 1.54) is 0 Å². The van der Waals surface area contributed by atoms with Crippen molar-refractivity contribution in [1.29, 1.82) is 0 Å². The Kier molecular flexibility index (Phi) is 12.0. The third kappa shape index (κ3) is 14.0. The van der Waals surface area contributed by atoms with E-state index in [1.54, 1.807) is 6.92 Å². The molecule has 0 atom stereocenters. The Labute approximate surface area is 131 Å². The minimum absolute atomic E-state index is 0.0160. The first kappa shape index (κ1) is 21.0. The lowest BCUT2D eigenvalue weighted by atomic mass is 10.3. The second-order valence-electron chi connectivity index (χ2n) is 4.13. The van der Waals surface area contributed by atoms with Crippen molar-refractivity contribution in [2.45, 2.75) is 6.92 Å². The summed E-state index contributed by atoms with van der Waals surface area (Å²) in [6.07, 6.45) is 0.979. The Hall–Kier alpha value is -1.00. The fraction of sp³-hybridized carbons (Fsp3) is 0.769. The van der Waals surface area contributed by atoms with Crippen LogP contribution in [0.15, 0.2) is 12.2 Å². The van der Waals surface area contributed by atoms with E-state index in [1.807, 2.05) is 0 Å². The average molecular weight is 340 g/mol. The standard InChI is InChI=1S/C13H24O8S/c1-4-20-13(14)12(2)11-19-8-7-17-5-6-18-9-10-21-22(3,15)16/h2,4-11H2,1,3H3. The van der Waals surface area contributed by atoms with Gasteiger partial charge in [-0.1, -0.05) is 6.58 Å². The van der Waals surface area contributed by atoms with Crippen molar-refractivity contribution in [1.82, 2.24) is 0 Å². The Balaban J connectivity index is 3.30. The maximum atomic E-state index is 11.2. The lowest BCUT2D eigenvalue weighted by Crippen LogP contribution is -2.15. The number of hydrogen-bond acceptors (Lipinski definition) is 8. The highest BCUT2D eigenvalue weighted by atomic mass is 32.2. The molecular weight excluding hydrogens is 316 g/mol. The van der Waals surface area contributed by atoms with Crippen LogP contribution in [0.1, 0.15) is 6.92 Å². The zero-order valence-corrected chi connectivity index (χ0v) is 13.9. The van der Waals surface area contributed by atoms with Crippen LogP contribution in [0.3, 0.4) is 0 Å². The molecule has 0 spiro atoms. The van der Waals surface area contributed by atoms with Gasteiger partial charge < -0.3 is 18.9 Å². The first-order chi connectivity index (χ1) is 10.4. The third-order valence-electron chi connectivity index (χ3n) is 2.11. The van der Waals surface area contributed by atoms with Gasteiger partial charge in [-0.05, 0) is 6.92 Å². The molecule has 0 aromatic heterocycles. The molecular formula is C13H24O8S. The summed E-state index contributed by atoms with van der Waals surface area (Å²) in [4.78, 5) is 11.2. The van der Waals surface area contributed by atoms with Crippen LogP contribution in [0.2, 0.25) is 0 Å². The lowest BCUT2D eigenvalue weighted by molar-refractivity contribution is -0.139. The summed E-state index contributed by atoms with van der Waals surface area (Å²) in [6, 6.07) is 0. The first-order valence-electron chi connectivity index (χ1n) is 6.79. The predicted octanol–water partition coefficient (Wildman–Crippen LogP) is 0.132. The Bertz CT molecular complexity index is 418. The van der Waals surface area contributed by atoms with Crippen molar-refractivity contribution in [2.24, 2.45) is 0 Å². The largest absolute Gasteiger partial charge is 0.463 e. The molecule has 8 nitrogen and oxygen atoms in total. The van der Waals surface area contributed by atoms with Gasteiger partial charge in [0.05, 0.1) is 64.7 Å². The van der Waals surface area contributed by atoms with Crippen molar-refractivity contribution < 1.29 is 36.3 Å². The molecule has 0 aliphatic rings. The summed E-state index contributed by atoms with van der Waals surface area (Å²) >= 11 is 0. The summed E-state index contributed by atoms with van der Waals surface area (Å²) in [5.41, 5.74) is 0.260. The van der Waals surface area contributed by atoms with Crippen LogP contribution in [-0.4, -0.2) is 73.5 Å². The quantitative estimate of drug-likeness (QED) is 0.190. The summed E-state index contributed by atoms with van der Waals surface area (Å²) in [5.74, 6) is -0.465. The molecule has 0 fully saturated rings. The third-order valence-corrected chi connectivity index (χ3v) is 2.70. The van der Waals surface area contributed by atoms with E-state index < -0.39 is 16.1 Å². The van der Waals surface area contributed by atoms with Crippen molar-refractivity contribution in [2.75, 3.05) is 59.1 Å². The molecule has 0 heterocycles. The number of esters is 1. The predicted molar refractivity (Wildman–Crippen MR) is 79.0 cm³/mol. The molecule has 0 saturated heterocycles. The van der Waals surface area contributed by atoms with E-state index in [4.69, 9.17) is 18.9 Å². The second-order valence-corrected chi connectivity index (χ2v) is 5.77. The van der Waals surface area contributed by atoms with Gasteiger partial charge in [-0.15, -0.1) is 0 Å². The van der Waals surface area contributed by atoms with Gasteiger partial charge >= 0.3 is 5.97 Å². The Morgan fingerprint density at radius 2 is 1.45 bits per heavy atom. The van der Waals surface area contributed by atoms with E-state index in [2.05, 4.69) is 10.8 Å². The molecule has 0 saturated carbocycles. The highest BCUT2D eigenvalue weighted by Crippen LogP contribution is 1.96. The minimum Gasteiger partial charge on any atom is -0.463 e. The van der Waals surface area contributed by atoms with Gasteiger partial charge in [0.1, 0.15) is 0 Å². The normalized spacial score (nSPS) is 11.4. The fourth-order valence-corrected chi connectivity index (χ4v) is 1.54. The minimum atomic E-state index is -3.42. The summed E-state index contributed by atoms with van der Waals surface area (Å²) in [7, 11) is -3.42. The molecule has 0 aliphatic heterocycles. The molecule has 22 heavy (non-hydrogen) atoms.